The highest BCUT2D eigenvalue weighted by Crippen LogP contribution is 2.29. The van der Waals surface area contributed by atoms with Crippen molar-refractivity contribution < 1.29 is 32.1 Å². The molecule has 11 heteroatoms. The Morgan fingerprint density at radius 1 is 1.31 bits per heavy atom. The van der Waals surface area contributed by atoms with Gasteiger partial charge in [0.2, 0.25) is 12.1 Å². The van der Waals surface area contributed by atoms with Crippen molar-refractivity contribution in [2.24, 2.45) is 5.16 Å². The third-order valence-electron chi connectivity index (χ3n) is 4.04. The molecule has 1 unspecified atom stereocenters. The van der Waals surface area contributed by atoms with Gasteiger partial charge in [-0.3, -0.25) is 4.79 Å². The van der Waals surface area contributed by atoms with Crippen LogP contribution >= 0.6 is 0 Å². The van der Waals surface area contributed by atoms with Gasteiger partial charge in [0, 0.05) is 17.5 Å². The fourth-order valence-corrected chi connectivity index (χ4v) is 2.51. The maximum absolute atomic E-state index is 12.5. The van der Waals surface area contributed by atoms with Crippen molar-refractivity contribution in [2.45, 2.75) is 38.7 Å². The number of nitrogens with zero attached hydrogens (tertiary/aromatic N) is 3. The molecule has 0 aliphatic carbocycles. The highest BCUT2D eigenvalue weighted by atomic mass is 19.4. The molecule has 0 saturated carbocycles. The van der Waals surface area contributed by atoms with Gasteiger partial charge in [0.25, 0.3) is 5.91 Å². The lowest BCUT2D eigenvalue weighted by atomic mass is 10.1. The van der Waals surface area contributed by atoms with Crippen molar-refractivity contribution in [1.82, 2.24) is 15.5 Å². The molecule has 156 valence electrons. The molecule has 1 amide bonds. The van der Waals surface area contributed by atoms with Crippen molar-refractivity contribution >= 4 is 11.6 Å². The number of aromatic nitrogens is 2. The molecule has 0 radical (unpaired) electrons. The van der Waals surface area contributed by atoms with E-state index in [0.717, 1.165) is 19.3 Å². The van der Waals surface area contributed by atoms with Gasteiger partial charge in [-0.1, -0.05) is 22.4 Å². The van der Waals surface area contributed by atoms with Crippen LogP contribution in [0, 0.1) is 0 Å². The molecule has 1 aliphatic heterocycles. The molecule has 2 heterocycles. The van der Waals surface area contributed by atoms with E-state index in [1.165, 1.54) is 24.3 Å². The van der Waals surface area contributed by atoms with E-state index in [-0.39, 0.29) is 24.6 Å². The summed E-state index contributed by atoms with van der Waals surface area (Å²) >= 11 is 0. The lowest BCUT2D eigenvalue weighted by Crippen LogP contribution is -2.29. The number of alkyl halides is 3. The monoisotopic (exact) mass is 412 g/mol. The van der Waals surface area contributed by atoms with Crippen LogP contribution in [-0.4, -0.2) is 41.2 Å². The molecule has 1 fully saturated rings. The fourth-order valence-electron chi connectivity index (χ4n) is 2.51. The van der Waals surface area contributed by atoms with E-state index in [2.05, 4.69) is 25.1 Å². The number of hydrogen-bond acceptors (Lipinski definition) is 7. The van der Waals surface area contributed by atoms with E-state index in [1.54, 1.807) is 6.92 Å². The first-order chi connectivity index (χ1) is 13.8. The van der Waals surface area contributed by atoms with Crippen LogP contribution in [0.3, 0.4) is 0 Å². The van der Waals surface area contributed by atoms with Crippen molar-refractivity contribution in [3.63, 3.8) is 0 Å². The molecule has 8 nitrogen and oxygen atoms in total. The van der Waals surface area contributed by atoms with Crippen molar-refractivity contribution in [1.29, 1.82) is 0 Å². The van der Waals surface area contributed by atoms with E-state index in [4.69, 9.17) is 9.57 Å². The molecule has 0 spiro atoms. The van der Waals surface area contributed by atoms with E-state index < -0.39 is 12.1 Å². The number of hydrogen-bond donors (Lipinski definition) is 1. The molecular formula is C18H19F3N4O4. The molecule has 2 aromatic rings. The normalized spacial score (nSPS) is 17.8. The summed E-state index contributed by atoms with van der Waals surface area (Å²) in [5, 5.41) is 9.93. The van der Waals surface area contributed by atoms with Crippen LogP contribution < -0.4 is 5.32 Å². The van der Waals surface area contributed by atoms with Gasteiger partial charge in [-0.15, -0.1) is 0 Å². The minimum atomic E-state index is -4.71. The van der Waals surface area contributed by atoms with E-state index in [1.807, 2.05) is 0 Å². The summed E-state index contributed by atoms with van der Waals surface area (Å²) in [4.78, 5) is 20.8. The summed E-state index contributed by atoms with van der Waals surface area (Å²) in [5.41, 5.74) is 1.17. The second-order valence-corrected chi connectivity index (χ2v) is 6.41. The largest absolute Gasteiger partial charge is 0.471 e. The number of amides is 1. The highest BCUT2D eigenvalue weighted by Gasteiger charge is 2.38. The average Bonchev–Trinajstić information content (AvgIpc) is 3.22. The Kier molecular flexibility index (Phi) is 6.47. The number of nitrogens with one attached hydrogen (secondary N) is 1. The Morgan fingerprint density at radius 3 is 2.69 bits per heavy atom. The number of ether oxygens (including phenoxy) is 1. The zero-order chi connectivity index (χ0) is 20.9. The lowest BCUT2D eigenvalue weighted by molar-refractivity contribution is -0.162. The molecule has 0 bridgehead atoms. The Morgan fingerprint density at radius 2 is 2.07 bits per heavy atom. The van der Waals surface area contributed by atoms with Crippen LogP contribution in [0.15, 0.2) is 33.9 Å². The number of benzene rings is 1. The van der Waals surface area contributed by atoms with Crippen molar-refractivity contribution in [3.8, 4) is 11.4 Å². The quantitative estimate of drug-likeness (QED) is 0.577. The van der Waals surface area contributed by atoms with E-state index in [9.17, 15) is 18.0 Å². The molecule has 1 aromatic carbocycles. The SMILES string of the molecule is CC(CNC(=O)c1ccc(-c2noc(C(F)(F)F)n2)cc1)=NOC1CCCCO1. The minimum Gasteiger partial charge on any atom is -0.364 e. The Bertz CT molecular complexity index is 859. The molecule has 1 aromatic heterocycles. The standard InChI is InChI=1S/C18H19F3N4O4/c1-11(24-28-14-4-2-3-9-27-14)10-22-16(26)13-7-5-12(6-8-13)15-23-17(29-25-15)18(19,20)21/h5-8,14H,2-4,9-10H2,1H3,(H,22,26). The topological polar surface area (TPSA) is 98.8 Å². The van der Waals surface area contributed by atoms with Gasteiger partial charge >= 0.3 is 12.1 Å². The van der Waals surface area contributed by atoms with Crippen LogP contribution in [0.2, 0.25) is 0 Å². The Labute approximate surface area is 164 Å². The summed E-state index contributed by atoms with van der Waals surface area (Å²) < 4.78 is 47.2. The van der Waals surface area contributed by atoms with Gasteiger partial charge in [0.05, 0.1) is 18.9 Å². The zero-order valence-corrected chi connectivity index (χ0v) is 15.5. The smallest absolute Gasteiger partial charge is 0.364 e. The summed E-state index contributed by atoms with van der Waals surface area (Å²) in [5.74, 6) is -2.01. The fraction of sp³-hybridized carbons (Fsp3) is 0.444. The zero-order valence-electron chi connectivity index (χ0n) is 15.5. The highest BCUT2D eigenvalue weighted by molar-refractivity contribution is 5.97. The molecule has 1 atom stereocenters. The first-order valence-corrected chi connectivity index (χ1v) is 8.93. The minimum absolute atomic E-state index is 0.174. The molecule has 1 saturated heterocycles. The third-order valence-corrected chi connectivity index (χ3v) is 4.04. The van der Waals surface area contributed by atoms with Gasteiger partial charge in [-0.25, -0.2) is 0 Å². The second-order valence-electron chi connectivity index (χ2n) is 6.41. The summed E-state index contributed by atoms with van der Waals surface area (Å²) in [6.45, 7) is 2.53. The number of halogens is 3. The number of carbonyl (C=O) groups is 1. The molecule has 3 rings (SSSR count). The maximum atomic E-state index is 12.5. The third kappa shape index (κ3) is 5.76. The molecule has 1 aliphatic rings. The number of oxime groups is 1. The Hall–Kier alpha value is -2.95. The summed E-state index contributed by atoms with van der Waals surface area (Å²) in [7, 11) is 0. The Balaban J connectivity index is 1.52. The number of carbonyl (C=O) groups excluding carboxylic acids is 1. The van der Waals surface area contributed by atoms with Crippen LogP contribution in [0.5, 0.6) is 0 Å². The molecule has 29 heavy (non-hydrogen) atoms. The first kappa shape index (κ1) is 20.8. The molecule has 1 N–H and O–H groups in total. The maximum Gasteiger partial charge on any atom is 0.471 e. The van der Waals surface area contributed by atoms with Crippen LogP contribution in [0.1, 0.15) is 42.4 Å². The van der Waals surface area contributed by atoms with Crippen molar-refractivity contribution in [3.05, 3.63) is 35.7 Å². The van der Waals surface area contributed by atoms with Crippen LogP contribution in [0.25, 0.3) is 11.4 Å². The number of rotatable bonds is 6. The first-order valence-electron chi connectivity index (χ1n) is 8.93. The van der Waals surface area contributed by atoms with Crippen LogP contribution in [-0.2, 0) is 15.8 Å². The second kappa shape index (κ2) is 9.03. The van der Waals surface area contributed by atoms with Gasteiger partial charge in [0.1, 0.15) is 0 Å². The van der Waals surface area contributed by atoms with Gasteiger partial charge in [0.15, 0.2) is 0 Å². The van der Waals surface area contributed by atoms with E-state index >= 15 is 0 Å². The molecular weight excluding hydrogens is 393 g/mol. The van der Waals surface area contributed by atoms with Gasteiger partial charge in [-0.05, 0) is 31.9 Å². The average molecular weight is 412 g/mol. The predicted molar refractivity (Wildman–Crippen MR) is 94.9 cm³/mol. The lowest BCUT2D eigenvalue weighted by Gasteiger charge is -2.20. The van der Waals surface area contributed by atoms with Crippen LogP contribution in [0.4, 0.5) is 13.2 Å². The van der Waals surface area contributed by atoms with Crippen molar-refractivity contribution in [2.75, 3.05) is 13.2 Å². The predicted octanol–water partition coefficient (Wildman–Crippen LogP) is 3.40. The van der Waals surface area contributed by atoms with Gasteiger partial charge in [-0.2, -0.15) is 18.2 Å². The summed E-state index contributed by atoms with van der Waals surface area (Å²) in [6.07, 6.45) is -2.26. The van der Waals surface area contributed by atoms with Gasteiger partial charge < -0.3 is 19.4 Å². The summed E-state index contributed by atoms with van der Waals surface area (Å²) in [6, 6.07) is 5.77. The van der Waals surface area contributed by atoms with E-state index in [0.29, 0.717) is 23.4 Å².